The molecule has 0 fully saturated rings. The maximum atomic E-state index is 12.4. The minimum atomic E-state index is -0.586. The number of carbonyl (C=O) groups is 9. The number of carbonyl (C=O) groups excluding carboxylic acids is 9. The summed E-state index contributed by atoms with van der Waals surface area (Å²) in [6, 6.07) is 42.6. The van der Waals surface area contributed by atoms with E-state index in [0.717, 1.165) is 47.2 Å². The normalized spacial score (nSPS) is 9.94. The van der Waals surface area contributed by atoms with Gasteiger partial charge < -0.3 is 71.1 Å². The Labute approximate surface area is 557 Å². The Morgan fingerprint density at radius 1 is 0.227 bits per heavy atom. The van der Waals surface area contributed by atoms with Crippen molar-refractivity contribution in [2.24, 2.45) is 0 Å². The molecule has 97 heavy (non-hydrogen) atoms. The highest BCUT2D eigenvalue weighted by molar-refractivity contribution is 5.93. The van der Waals surface area contributed by atoms with Crippen LogP contribution in [0, 0.1) is 0 Å². The van der Waals surface area contributed by atoms with Crippen LogP contribution < -0.4 is 42.6 Å². The molecule has 0 aromatic heterocycles. The van der Waals surface area contributed by atoms with Crippen LogP contribution in [0.4, 0.5) is 0 Å². The third-order valence-corrected chi connectivity index (χ3v) is 11.9. The zero-order valence-corrected chi connectivity index (χ0v) is 52.5. The second kappa shape index (κ2) is 42.4. The molecule has 24 heteroatoms. The van der Waals surface area contributed by atoms with E-state index in [0.29, 0.717) is 56.9 Å². The predicted molar refractivity (Wildman–Crippen MR) is 351 cm³/mol. The maximum Gasteiger partial charge on any atom is 0.343 e. The SMILES string of the molecule is C=CC(=O)OCCOc1ccc(C(=O)Oc2ccc(OC(=O)c3ccc(OCCOC(=O)C=C)cc3)cc2)cc1.C=CC(=O)OCCOc1ccc(OC(=O)c2ccc(OCCOC(=O)C=C)cc2)cc1.C=CC(=O)OCCOc1ccc2cc(OCCOC(=O)C=C)ccc2c1. The van der Waals surface area contributed by atoms with Crippen molar-refractivity contribution >= 4 is 64.5 Å². The van der Waals surface area contributed by atoms with Crippen LogP contribution in [0.2, 0.25) is 0 Å². The van der Waals surface area contributed by atoms with Crippen LogP contribution in [0.3, 0.4) is 0 Å². The van der Waals surface area contributed by atoms with Crippen LogP contribution in [0.5, 0.6) is 51.7 Å². The molecule has 0 aliphatic rings. The molecule has 0 N–H and O–H groups in total. The van der Waals surface area contributed by atoms with Gasteiger partial charge in [-0.05, 0) is 156 Å². The van der Waals surface area contributed by atoms with E-state index in [1.807, 2.05) is 36.4 Å². The van der Waals surface area contributed by atoms with Crippen LogP contribution in [0.15, 0.2) is 234 Å². The Balaban J connectivity index is 0.000000270. The molecule has 0 aliphatic heterocycles. The summed E-state index contributed by atoms with van der Waals surface area (Å²) in [5.74, 6) is -0.490. The van der Waals surface area contributed by atoms with Gasteiger partial charge in [0.2, 0.25) is 0 Å². The van der Waals surface area contributed by atoms with Crippen molar-refractivity contribution in [3.05, 3.63) is 250 Å². The van der Waals surface area contributed by atoms with Crippen molar-refractivity contribution in [3.8, 4) is 51.7 Å². The van der Waals surface area contributed by atoms with Gasteiger partial charge in [-0.25, -0.2) is 43.2 Å². The van der Waals surface area contributed by atoms with Crippen LogP contribution in [-0.4, -0.2) is 133 Å². The van der Waals surface area contributed by atoms with Gasteiger partial charge in [-0.3, -0.25) is 0 Å². The summed E-state index contributed by atoms with van der Waals surface area (Å²) in [5.41, 5.74) is 0.937. The topological polar surface area (TPSA) is 292 Å². The maximum absolute atomic E-state index is 12.4. The molecule has 504 valence electrons. The minimum Gasteiger partial charge on any atom is -0.490 e. The van der Waals surface area contributed by atoms with Crippen molar-refractivity contribution in [3.63, 3.8) is 0 Å². The van der Waals surface area contributed by atoms with Crippen LogP contribution in [0.25, 0.3) is 10.8 Å². The molecule has 0 heterocycles. The standard InChI is InChI=1S/C30H26O10.C23H22O8.C20H20O6/c1-3-27(31)37-19-17-35-23-9-5-21(6-10-23)29(33)39-25-13-15-26(16-14-25)40-30(34)22-7-11-24(12-8-22)36-18-20-38-28(32)4-2;1-3-21(24)29-15-13-27-18-7-5-17(6-8-18)23(26)31-20-11-9-19(10-12-20)28-14-16-30-22(25)4-2;1-3-19(21)25-11-9-23-17-7-5-16-14-18(8-6-15(16)13-17)24-10-12-26-20(22)4-2/h3-16H,1-2,17-20H2;3-12H,1-2,13-16H2;3-8,13-14H,1-2,9-12H2. The lowest BCUT2D eigenvalue weighted by molar-refractivity contribution is -0.139. The largest absolute Gasteiger partial charge is 0.490 e. The third kappa shape index (κ3) is 29.2. The Morgan fingerprint density at radius 3 is 0.608 bits per heavy atom. The van der Waals surface area contributed by atoms with Crippen LogP contribution in [-0.2, 0) is 57.2 Å². The quantitative estimate of drug-likeness (QED) is 0.0116. The van der Waals surface area contributed by atoms with Gasteiger partial charge >= 0.3 is 53.7 Å². The van der Waals surface area contributed by atoms with Gasteiger partial charge in [-0.15, -0.1) is 0 Å². The van der Waals surface area contributed by atoms with Gasteiger partial charge in [0, 0.05) is 36.5 Å². The smallest absolute Gasteiger partial charge is 0.343 e. The van der Waals surface area contributed by atoms with Gasteiger partial charge in [0.25, 0.3) is 0 Å². The Morgan fingerprint density at radius 2 is 0.402 bits per heavy atom. The van der Waals surface area contributed by atoms with E-state index in [1.165, 1.54) is 48.5 Å². The number of esters is 9. The highest BCUT2D eigenvalue weighted by Crippen LogP contribution is 2.26. The van der Waals surface area contributed by atoms with E-state index >= 15 is 0 Å². The number of hydrogen-bond acceptors (Lipinski definition) is 24. The summed E-state index contributed by atoms with van der Waals surface area (Å²) in [5, 5.41) is 1.96. The molecule has 0 amide bonds. The zero-order valence-electron chi connectivity index (χ0n) is 52.5. The van der Waals surface area contributed by atoms with E-state index in [-0.39, 0.29) is 90.8 Å². The molecule has 7 rings (SSSR count). The number of rotatable bonds is 36. The fraction of sp³-hybridized carbons (Fsp3) is 0.164. The number of fused-ring (bicyclic) bond motifs is 1. The van der Waals surface area contributed by atoms with Crippen molar-refractivity contribution in [2.45, 2.75) is 0 Å². The summed E-state index contributed by atoms with van der Waals surface area (Å²) in [7, 11) is 0. The van der Waals surface area contributed by atoms with E-state index in [4.69, 9.17) is 71.1 Å². The van der Waals surface area contributed by atoms with Gasteiger partial charge in [0.05, 0.1) is 16.7 Å². The fourth-order valence-electron chi connectivity index (χ4n) is 7.28. The molecule has 7 aromatic rings. The van der Waals surface area contributed by atoms with Gasteiger partial charge in [-0.2, -0.15) is 0 Å². The Kier molecular flexibility index (Phi) is 32.8. The average Bonchev–Trinajstić information content (AvgIpc) is 0.968. The second-order valence-electron chi connectivity index (χ2n) is 18.7. The highest BCUT2D eigenvalue weighted by Gasteiger charge is 2.14. The van der Waals surface area contributed by atoms with E-state index < -0.39 is 53.7 Å². The fourth-order valence-corrected chi connectivity index (χ4v) is 7.28. The van der Waals surface area contributed by atoms with Gasteiger partial charge in [0.15, 0.2) is 0 Å². The first-order valence-electron chi connectivity index (χ1n) is 29.2. The van der Waals surface area contributed by atoms with Crippen molar-refractivity contribution in [1.29, 1.82) is 0 Å². The molecule has 0 unspecified atom stereocenters. The number of ether oxygens (including phenoxy) is 15. The van der Waals surface area contributed by atoms with Crippen LogP contribution in [0.1, 0.15) is 31.1 Å². The first-order valence-corrected chi connectivity index (χ1v) is 29.2. The summed E-state index contributed by atoms with van der Waals surface area (Å²) in [6.07, 6.45) is 6.50. The molecule has 0 radical (unpaired) electrons. The first kappa shape index (κ1) is 75.0. The Hall–Kier alpha value is -12.7. The zero-order chi connectivity index (χ0) is 70.0. The molecule has 24 nitrogen and oxygen atoms in total. The number of benzene rings is 7. The first-order chi connectivity index (χ1) is 47.0. The molecule has 0 atom stereocenters. The Bertz CT molecular complexity index is 3630. The molecular weight excluding hydrogens is 1260 g/mol. The summed E-state index contributed by atoms with van der Waals surface area (Å²) >= 11 is 0. The number of hydrogen-bond donors (Lipinski definition) is 0. The molecule has 0 saturated heterocycles. The average molecular weight is 1330 g/mol. The summed E-state index contributed by atoms with van der Waals surface area (Å²) in [6.45, 7) is 21.7. The second-order valence-corrected chi connectivity index (χ2v) is 18.7. The lowest BCUT2D eigenvalue weighted by Crippen LogP contribution is -2.11. The molecular formula is C73H68O24. The lowest BCUT2D eigenvalue weighted by Gasteiger charge is -2.09. The van der Waals surface area contributed by atoms with Crippen molar-refractivity contribution in [2.75, 3.05) is 79.3 Å². The highest BCUT2D eigenvalue weighted by atomic mass is 16.6. The molecule has 0 aliphatic carbocycles. The lowest BCUT2D eigenvalue weighted by atomic mass is 10.1. The molecule has 0 bridgehead atoms. The summed E-state index contributed by atoms with van der Waals surface area (Å²) in [4.78, 5) is 103. The predicted octanol–water partition coefficient (Wildman–Crippen LogP) is 10.5. The van der Waals surface area contributed by atoms with Crippen LogP contribution >= 0.6 is 0 Å². The van der Waals surface area contributed by atoms with E-state index in [1.54, 1.807) is 72.8 Å². The van der Waals surface area contributed by atoms with E-state index in [9.17, 15) is 43.2 Å². The third-order valence-electron chi connectivity index (χ3n) is 11.9. The summed E-state index contributed by atoms with van der Waals surface area (Å²) < 4.78 is 77.8. The van der Waals surface area contributed by atoms with Gasteiger partial charge in [0.1, 0.15) is 131 Å². The van der Waals surface area contributed by atoms with E-state index in [2.05, 4.69) is 39.5 Å². The molecule has 7 aromatic carbocycles. The molecule has 0 spiro atoms. The minimum absolute atomic E-state index is 0.0686. The molecule has 0 saturated carbocycles. The van der Waals surface area contributed by atoms with Crippen molar-refractivity contribution < 1.29 is 114 Å². The van der Waals surface area contributed by atoms with Gasteiger partial charge in [-0.1, -0.05) is 51.6 Å². The van der Waals surface area contributed by atoms with Crippen molar-refractivity contribution in [1.82, 2.24) is 0 Å². The monoisotopic (exact) mass is 1330 g/mol.